The molecule has 0 aliphatic heterocycles. The van der Waals surface area contributed by atoms with Crippen molar-refractivity contribution in [2.24, 2.45) is 0 Å². The van der Waals surface area contributed by atoms with Gasteiger partial charge in [0.15, 0.2) is 5.76 Å². The summed E-state index contributed by atoms with van der Waals surface area (Å²) in [6.07, 6.45) is 2.09. The standard InChI is InChI=1S/C12H16N2O4S/c1-9-12(10(2)18-13-9)19(15,16)14(3)7-6-11-5-4-8-17-11/h4-5,8H,6-7H2,1-3H3. The number of sulfonamides is 1. The molecule has 0 bridgehead atoms. The van der Waals surface area contributed by atoms with Gasteiger partial charge in [-0.1, -0.05) is 5.16 Å². The van der Waals surface area contributed by atoms with E-state index >= 15 is 0 Å². The molecule has 0 aliphatic rings. The van der Waals surface area contributed by atoms with E-state index < -0.39 is 10.0 Å². The number of likely N-dealkylation sites (N-methyl/N-ethyl adjacent to an activating group) is 1. The Kier molecular flexibility index (Phi) is 3.77. The summed E-state index contributed by atoms with van der Waals surface area (Å²) < 4.78 is 36.1. The fourth-order valence-corrected chi connectivity index (χ4v) is 3.30. The minimum atomic E-state index is -3.57. The Bertz CT molecular complexity index is 624. The molecule has 0 aromatic carbocycles. The molecule has 0 saturated carbocycles. The maximum atomic E-state index is 12.4. The van der Waals surface area contributed by atoms with E-state index in [1.54, 1.807) is 26.2 Å². The van der Waals surface area contributed by atoms with Crippen molar-refractivity contribution in [1.82, 2.24) is 9.46 Å². The Morgan fingerprint density at radius 2 is 2.11 bits per heavy atom. The van der Waals surface area contributed by atoms with Gasteiger partial charge in [0.05, 0.1) is 6.26 Å². The summed E-state index contributed by atoms with van der Waals surface area (Å²) in [6, 6.07) is 3.59. The maximum absolute atomic E-state index is 12.4. The first-order valence-electron chi connectivity index (χ1n) is 5.84. The van der Waals surface area contributed by atoms with Gasteiger partial charge in [0.1, 0.15) is 16.3 Å². The third kappa shape index (κ3) is 2.71. The number of aryl methyl sites for hydroxylation is 2. The molecule has 2 heterocycles. The van der Waals surface area contributed by atoms with Crippen LogP contribution in [0, 0.1) is 13.8 Å². The van der Waals surface area contributed by atoms with Gasteiger partial charge >= 0.3 is 0 Å². The summed E-state index contributed by atoms with van der Waals surface area (Å²) in [5, 5.41) is 3.68. The van der Waals surface area contributed by atoms with Crippen LogP contribution in [0.2, 0.25) is 0 Å². The average Bonchev–Trinajstić information content (AvgIpc) is 2.96. The fourth-order valence-electron chi connectivity index (χ4n) is 1.84. The lowest BCUT2D eigenvalue weighted by atomic mass is 10.3. The molecule has 19 heavy (non-hydrogen) atoms. The van der Waals surface area contributed by atoms with E-state index in [9.17, 15) is 8.42 Å². The monoisotopic (exact) mass is 284 g/mol. The van der Waals surface area contributed by atoms with E-state index in [0.29, 0.717) is 24.4 Å². The summed E-state index contributed by atoms with van der Waals surface area (Å²) in [5.74, 6) is 1.06. The number of nitrogens with zero attached hydrogens (tertiary/aromatic N) is 2. The fraction of sp³-hybridized carbons (Fsp3) is 0.417. The minimum absolute atomic E-state index is 0.148. The zero-order valence-corrected chi connectivity index (χ0v) is 11.9. The van der Waals surface area contributed by atoms with Crippen LogP contribution < -0.4 is 0 Å². The second-order valence-corrected chi connectivity index (χ2v) is 6.29. The van der Waals surface area contributed by atoms with Gasteiger partial charge in [-0.05, 0) is 26.0 Å². The second-order valence-electron chi connectivity index (χ2n) is 4.31. The lowest BCUT2D eigenvalue weighted by molar-refractivity contribution is 0.389. The maximum Gasteiger partial charge on any atom is 0.248 e. The first-order valence-corrected chi connectivity index (χ1v) is 7.28. The Hall–Kier alpha value is -1.60. The molecule has 7 heteroatoms. The lowest BCUT2D eigenvalue weighted by Gasteiger charge is -2.16. The van der Waals surface area contributed by atoms with Crippen LogP contribution in [0.3, 0.4) is 0 Å². The van der Waals surface area contributed by atoms with E-state index in [4.69, 9.17) is 8.94 Å². The second kappa shape index (κ2) is 5.18. The summed E-state index contributed by atoms with van der Waals surface area (Å²) in [6.45, 7) is 3.54. The number of aromatic nitrogens is 1. The molecular formula is C12H16N2O4S. The lowest BCUT2D eigenvalue weighted by Crippen LogP contribution is -2.29. The molecule has 0 fully saturated rings. The van der Waals surface area contributed by atoms with Crippen LogP contribution in [0.25, 0.3) is 0 Å². The highest BCUT2D eigenvalue weighted by Gasteiger charge is 2.28. The Labute approximate surface area is 112 Å². The molecule has 0 unspecified atom stereocenters. The largest absolute Gasteiger partial charge is 0.469 e. The molecule has 6 nitrogen and oxygen atoms in total. The van der Waals surface area contributed by atoms with Crippen molar-refractivity contribution in [1.29, 1.82) is 0 Å². The van der Waals surface area contributed by atoms with Gasteiger partial charge in [-0.25, -0.2) is 12.7 Å². The van der Waals surface area contributed by atoms with Crippen LogP contribution in [0.4, 0.5) is 0 Å². The van der Waals surface area contributed by atoms with Crippen LogP contribution in [0.15, 0.2) is 32.2 Å². The molecule has 0 amide bonds. The first kappa shape index (κ1) is 13.8. The van der Waals surface area contributed by atoms with Crippen molar-refractivity contribution >= 4 is 10.0 Å². The van der Waals surface area contributed by atoms with Crippen molar-refractivity contribution in [2.75, 3.05) is 13.6 Å². The molecule has 0 atom stereocenters. The summed E-state index contributed by atoms with van der Waals surface area (Å²) in [7, 11) is -2.04. The van der Waals surface area contributed by atoms with Crippen LogP contribution >= 0.6 is 0 Å². The van der Waals surface area contributed by atoms with Crippen LogP contribution in [-0.2, 0) is 16.4 Å². The van der Waals surface area contributed by atoms with Crippen LogP contribution in [-0.4, -0.2) is 31.5 Å². The zero-order chi connectivity index (χ0) is 14.0. The minimum Gasteiger partial charge on any atom is -0.469 e. The molecule has 2 rings (SSSR count). The molecule has 0 radical (unpaired) electrons. The molecular weight excluding hydrogens is 268 g/mol. The highest BCUT2D eigenvalue weighted by atomic mass is 32.2. The third-order valence-corrected chi connectivity index (χ3v) is 4.99. The molecule has 2 aromatic rings. The predicted molar refractivity (Wildman–Crippen MR) is 68.2 cm³/mol. The molecule has 2 aromatic heterocycles. The summed E-state index contributed by atoms with van der Waals surface area (Å²) >= 11 is 0. The Morgan fingerprint density at radius 1 is 1.37 bits per heavy atom. The number of hydrogen-bond donors (Lipinski definition) is 0. The average molecular weight is 284 g/mol. The number of furan rings is 1. The zero-order valence-electron chi connectivity index (χ0n) is 11.1. The highest BCUT2D eigenvalue weighted by molar-refractivity contribution is 7.89. The smallest absolute Gasteiger partial charge is 0.248 e. The van der Waals surface area contributed by atoms with Gasteiger partial charge in [0, 0.05) is 20.0 Å². The van der Waals surface area contributed by atoms with Crippen molar-refractivity contribution in [3.05, 3.63) is 35.6 Å². The van der Waals surface area contributed by atoms with E-state index in [1.807, 2.05) is 6.07 Å². The van der Waals surface area contributed by atoms with Crippen molar-refractivity contribution < 1.29 is 17.4 Å². The van der Waals surface area contributed by atoms with Crippen LogP contribution in [0.5, 0.6) is 0 Å². The van der Waals surface area contributed by atoms with Crippen LogP contribution in [0.1, 0.15) is 17.2 Å². The van der Waals surface area contributed by atoms with Gasteiger partial charge in [0.25, 0.3) is 0 Å². The Morgan fingerprint density at radius 3 is 2.63 bits per heavy atom. The summed E-state index contributed by atoms with van der Waals surface area (Å²) in [5.41, 5.74) is 0.377. The molecule has 0 spiro atoms. The van der Waals surface area contributed by atoms with E-state index in [1.165, 1.54) is 11.4 Å². The van der Waals surface area contributed by atoms with Crippen molar-refractivity contribution in [2.45, 2.75) is 25.2 Å². The van der Waals surface area contributed by atoms with Gasteiger partial charge in [-0.3, -0.25) is 0 Å². The third-order valence-electron chi connectivity index (χ3n) is 2.89. The van der Waals surface area contributed by atoms with E-state index in [-0.39, 0.29) is 4.90 Å². The molecule has 0 aliphatic carbocycles. The van der Waals surface area contributed by atoms with Gasteiger partial charge in [0.2, 0.25) is 10.0 Å². The summed E-state index contributed by atoms with van der Waals surface area (Å²) in [4.78, 5) is 0.148. The predicted octanol–water partition coefficient (Wildman–Crippen LogP) is 1.75. The highest BCUT2D eigenvalue weighted by Crippen LogP contribution is 2.22. The molecule has 0 saturated heterocycles. The quantitative estimate of drug-likeness (QED) is 0.836. The van der Waals surface area contributed by atoms with Gasteiger partial charge in [-0.15, -0.1) is 0 Å². The molecule has 104 valence electrons. The topological polar surface area (TPSA) is 76.6 Å². The van der Waals surface area contributed by atoms with Crippen molar-refractivity contribution in [3.63, 3.8) is 0 Å². The first-order chi connectivity index (χ1) is 8.93. The normalized spacial score (nSPS) is 12.2. The van der Waals surface area contributed by atoms with E-state index in [2.05, 4.69) is 5.16 Å². The number of rotatable bonds is 5. The SMILES string of the molecule is Cc1noc(C)c1S(=O)(=O)N(C)CCc1ccco1. The van der Waals surface area contributed by atoms with Gasteiger partial charge < -0.3 is 8.94 Å². The van der Waals surface area contributed by atoms with Crippen molar-refractivity contribution in [3.8, 4) is 0 Å². The number of hydrogen-bond acceptors (Lipinski definition) is 5. The Balaban J connectivity index is 2.16. The van der Waals surface area contributed by atoms with E-state index in [0.717, 1.165) is 5.76 Å². The molecule has 0 N–H and O–H groups in total. The van der Waals surface area contributed by atoms with Gasteiger partial charge in [-0.2, -0.15) is 0 Å².